The predicted octanol–water partition coefficient (Wildman–Crippen LogP) is 3.43. The number of aromatic amines is 1. The molecule has 2 atom stereocenters. The van der Waals surface area contributed by atoms with E-state index >= 15 is 0 Å². The number of halogens is 2. The van der Waals surface area contributed by atoms with Crippen LogP contribution in [0.15, 0.2) is 24.3 Å². The van der Waals surface area contributed by atoms with Crippen LogP contribution in [0, 0.1) is 5.82 Å². The summed E-state index contributed by atoms with van der Waals surface area (Å²) in [7, 11) is 2.05. The molecule has 1 saturated carbocycles. The van der Waals surface area contributed by atoms with Gasteiger partial charge < -0.3 is 20.9 Å². The van der Waals surface area contributed by atoms with Gasteiger partial charge in [0.25, 0.3) is 5.91 Å². The first-order valence-corrected chi connectivity index (χ1v) is 11.7. The molecule has 1 aromatic carbocycles. The van der Waals surface area contributed by atoms with E-state index in [9.17, 15) is 14.0 Å². The van der Waals surface area contributed by atoms with E-state index in [4.69, 9.17) is 5.73 Å². The Hall–Kier alpha value is -2.33. The number of H-pyrrole nitrogens is 1. The fraction of sp³-hybridized carbons (Fsp3) is 0.435. The molecule has 2 aliphatic rings. The molecule has 2 unspecified atom stereocenters. The summed E-state index contributed by atoms with van der Waals surface area (Å²) in [5.74, 6) is -0.905. The lowest BCUT2D eigenvalue weighted by atomic mass is 9.74. The Morgan fingerprint density at radius 2 is 2.15 bits per heavy atom. The van der Waals surface area contributed by atoms with Gasteiger partial charge in [0, 0.05) is 35.3 Å². The van der Waals surface area contributed by atoms with Crippen LogP contribution in [0.5, 0.6) is 0 Å². The number of fused-ring (bicyclic) bond motifs is 2. The number of carbonyl (C=O) groups is 2. The standard InChI is InChI=1S/C23H26FN5O2S.ClH/c1-29-9-7-16-18(12-29)32-22(27-16)21(31)28-19-4-2-3-8-23(19,25)20(30)17-11-13-10-14(24)5-6-15(13)26-17;/h5-6,10-11,19,26H,2-4,7-9,12,25H2,1H3,(H,28,31);1H. The maximum absolute atomic E-state index is 13.6. The molecular formula is C23H27ClFN5O2S. The highest BCUT2D eigenvalue weighted by Gasteiger charge is 2.45. The molecule has 3 heterocycles. The molecular weight excluding hydrogens is 465 g/mol. The first-order valence-electron chi connectivity index (χ1n) is 10.9. The minimum Gasteiger partial charge on any atom is -0.352 e. The van der Waals surface area contributed by atoms with Crippen molar-refractivity contribution in [1.82, 2.24) is 20.2 Å². The molecule has 5 rings (SSSR count). The molecule has 1 amide bonds. The van der Waals surface area contributed by atoms with Gasteiger partial charge in [0.05, 0.1) is 17.4 Å². The quantitative estimate of drug-likeness (QED) is 0.485. The van der Waals surface area contributed by atoms with Gasteiger partial charge in [0.15, 0.2) is 5.01 Å². The molecule has 0 bridgehead atoms. The molecule has 1 fully saturated rings. The number of Topliss-reactive ketones (excluding diaryl/α,β-unsaturated/α-hetero) is 1. The monoisotopic (exact) mass is 491 g/mol. The summed E-state index contributed by atoms with van der Waals surface area (Å²) in [6.07, 6.45) is 3.62. The normalized spacial score (nSPS) is 23.1. The highest BCUT2D eigenvalue weighted by molar-refractivity contribution is 7.13. The van der Waals surface area contributed by atoms with Crippen LogP contribution in [0.2, 0.25) is 0 Å². The first-order chi connectivity index (χ1) is 15.3. The summed E-state index contributed by atoms with van der Waals surface area (Å²) in [5, 5.41) is 4.06. The zero-order valence-electron chi connectivity index (χ0n) is 18.3. The second-order valence-corrected chi connectivity index (χ2v) is 10.0. The van der Waals surface area contributed by atoms with Crippen molar-refractivity contribution in [3.63, 3.8) is 0 Å². The maximum Gasteiger partial charge on any atom is 0.280 e. The number of nitrogens with zero attached hydrogens (tertiary/aromatic N) is 2. The molecule has 10 heteroatoms. The predicted molar refractivity (Wildman–Crippen MR) is 129 cm³/mol. The molecule has 2 aromatic heterocycles. The fourth-order valence-corrected chi connectivity index (χ4v) is 5.88. The Labute approximate surface area is 201 Å². The highest BCUT2D eigenvalue weighted by Crippen LogP contribution is 2.32. The lowest BCUT2D eigenvalue weighted by molar-refractivity contribution is 0.0755. The second-order valence-electron chi connectivity index (χ2n) is 8.93. The third kappa shape index (κ3) is 4.42. The van der Waals surface area contributed by atoms with E-state index in [-0.39, 0.29) is 29.9 Å². The molecule has 1 aliphatic heterocycles. The average molecular weight is 492 g/mol. The Kier molecular flexibility index (Phi) is 6.59. The van der Waals surface area contributed by atoms with Crippen molar-refractivity contribution in [3.05, 3.63) is 51.4 Å². The second kappa shape index (κ2) is 9.13. The Bertz CT molecular complexity index is 1210. The van der Waals surface area contributed by atoms with Crippen LogP contribution in [0.25, 0.3) is 10.9 Å². The van der Waals surface area contributed by atoms with Gasteiger partial charge >= 0.3 is 0 Å². The molecule has 0 radical (unpaired) electrons. The Morgan fingerprint density at radius 3 is 2.97 bits per heavy atom. The summed E-state index contributed by atoms with van der Waals surface area (Å²) in [6, 6.07) is 5.47. The zero-order chi connectivity index (χ0) is 22.5. The van der Waals surface area contributed by atoms with Crippen LogP contribution in [0.4, 0.5) is 4.39 Å². The van der Waals surface area contributed by atoms with Gasteiger partial charge in [-0.3, -0.25) is 9.59 Å². The number of amides is 1. The summed E-state index contributed by atoms with van der Waals surface area (Å²) in [5.41, 5.74) is 7.46. The van der Waals surface area contributed by atoms with E-state index in [2.05, 4.69) is 27.2 Å². The van der Waals surface area contributed by atoms with Gasteiger partial charge in [-0.25, -0.2) is 9.37 Å². The number of hydrogen-bond donors (Lipinski definition) is 3. The van der Waals surface area contributed by atoms with Crippen LogP contribution in [0.3, 0.4) is 0 Å². The van der Waals surface area contributed by atoms with Gasteiger partial charge in [-0.1, -0.05) is 12.8 Å². The van der Waals surface area contributed by atoms with Gasteiger partial charge in [-0.2, -0.15) is 0 Å². The number of rotatable bonds is 4. The molecule has 176 valence electrons. The third-order valence-corrected chi connectivity index (χ3v) is 7.71. The van der Waals surface area contributed by atoms with Crippen LogP contribution < -0.4 is 11.1 Å². The van der Waals surface area contributed by atoms with Crippen LogP contribution >= 0.6 is 23.7 Å². The third-order valence-electron chi connectivity index (χ3n) is 6.63. The smallest absolute Gasteiger partial charge is 0.280 e. The van der Waals surface area contributed by atoms with E-state index < -0.39 is 11.6 Å². The minimum atomic E-state index is -1.23. The van der Waals surface area contributed by atoms with Crippen molar-refractivity contribution in [2.24, 2.45) is 5.73 Å². The lowest BCUT2D eigenvalue weighted by Gasteiger charge is -2.39. The topological polar surface area (TPSA) is 104 Å². The van der Waals surface area contributed by atoms with Gasteiger partial charge in [-0.05, 0) is 44.2 Å². The van der Waals surface area contributed by atoms with E-state index in [1.54, 1.807) is 12.1 Å². The number of aromatic nitrogens is 2. The molecule has 0 spiro atoms. The van der Waals surface area contributed by atoms with Crippen LogP contribution in [-0.4, -0.2) is 51.7 Å². The number of likely N-dealkylation sites (N-methyl/N-ethyl adjacent to an activating group) is 1. The molecule has 33 heavy (non-hydrogen) atoms. The number of benzene rings is 1. The molecule has 1 aliphatic carbocycles. The van der Waals surface area contributed by atoms with Gasteiger partial charge in [-0.15, -0.1) is 23.7 Å². The van der Waals surface area contributed by atoms with Crippen LogP contribution in [-0.2, 0) is 13.0 Å². The minimum absolute atomic E-state index is 0. The van der Waals surface area contributed by atoms with Crippen molar-refractivity contribution < 1.29 is 14.0 Å². The SMILES string of the molecule is CN1CCc2nc(C(=O)NC3CCCCC3(N)C(=O)c3cc4cc(F)ccc4[nH]3)sc2C1.Cl. The van der Waals surface area contributed by atoms with Crippen LogP contribution in [0.1, 0.15) is 56.5 Å². The van der Waals surface area contributed by atoms with Crippen molar-refractivity contribution >= 4 is 46.3 Å². The van der Waals surface area contributed by atoms with Crippen molar-refractivity contribution in [2.75, 3.05) is 13.6 Å². The van der Waals surface area contributed by atoms with E-state index in [1.165, 1.54) is 23.5 Å². The summed E-state index contributed by atoms with van der Waals surface area (Å²) < 4.78 is 13.6. The number of nitrogens with one attached hydrogen (secondary N) is 2. The fourth-order valence-electron chi connectivity index (χ4n) is 4.79. The number of nitrogens with two attached hydrogens (primary N) is 1. The molecule has 0 saturated heterocycles. The summed E-state index contributed by atoms with van der Waals surface area (Å²) in [6.45, 7) is 1.72. The number of thiazole rings is 1. The zero-order valence-corrected chi connectivity index (χ0v) is 20.0. The molecule has 7 nitrogen and oxygen atoms in total. The maximum atomic E-state index is 13.6. The first kappa shape index (κ1) is 23.8. The summed E-state index contributed by atoms with van der Waals surface area (Å²) >= 11 is 1.41. The lowest BCUT2D eigenvalue weighted by Crippen LogP contribution is -2.64. The number of hydrogen-bond acceptors (Lipinski definition) is 6. The van der Waals surface area contributed by atoms with E-state index in [0.717, 1.165) is 42.9 Å². The van der Waals surface area contributed by atoms with E-state index in [0.29, 0.717) is 34.4 Å². The van der Waals surface area contributed by atoms with E-state index in [1.807, 2.05) is 0 Å². The summed E-state index contributed by atoms with van der Waals surface area (Å²) in [4.78, 5) is 37.5. The largest absolute Gasteiger partial charge is 0.352 e. The number of ketones is 1. The van der Waals surface area contributed by atoms with Gasteiger partial charge in [0.2, 0.25) is 5.78 Å². The molecule has 3 aromatic rings. The van der Waals surface area contributed by atoms with Gasteiger partial charge in [0.1, 0.15) is 11.4 Å². The van der Waals surface area contributed by atoms with Crippen molar-refractivity contribution in [2.45, 2.75) is 50.2 Å². The Morgan fingerprint density at radius 1 is 1.33 bits per heavy atom. The average Bonchev–Trinajstić information content (AvgIpc) is 3.38. The number of carbonyl (C=O) groups excluding carboxylic acids is 2. The van der Waals surface area contributed by atoms with Crippen molar-refractivity contribution in [3.8, 4) is 0 Å². The highest BCUT2D eigenvalue weighted by atomic mass is 35.5. The Balaban J connectivity index is 0.00000259. The molecule has 4 N–H and O–H groups in total. The van der Waals surface area contributed by atoms with Crippen molar-refractivity contribution in [1.29, 1.82) is 0 Å².